The molecule has 1 fully saturated rings. The van der Waals surface area contributed by atoms with Crippen molar-refractivity contribution in [2.45, 2.75) is 51.5 Å². The Hall–Kier alpha value is 0.310. The van der Waals surface area contributed by atoms with Crippen LogP contribution in [0.4, 0.5) is 0 Å². The van der Waals surface area contributed by atoms with E-state index < -0.39 is 0 Å². The fraction of sp³-hybridized carbons (Fsp3) is 1.00. The van der Waals surface area contributed by atoms with Gasteiger partial charge in [0.15, 0.2) is 0 Å². The van der Waals surface area contributed by atoms with Crippen molar-refractivity contribution in [1.82, 2.24) is 0 Å². The monoisotopic (exact) mass is 201 g/mol. The second-order valence-corrected chi connectivity index (χ2v) is 5.37. The molecule has 0 spiro atoms. The van der Waals surface area contributed by atoms with Gasteiger partial charge < -0.3 is 5.73 Å². The second-order valence-electron chi connectivity index (χ2n) is 4.22. The molecule has 1 unspecified atom stereocenters. The number of nitrogens with two attached hydrogens (primary N) is 1. The lowest BCUT2D eigenvalue weighted by Crippen LogP contribution is -2.25. The molecule has 13 heavy (non-hydrogen) atoms. The molecule has 1 aliphatic rings. The zero-order valence-electron chi connectivity index (χ0n) is 8.80. The second kappa shape index (κ2) is 6.72. The molecule has 0 amide bonds. The minimum absolute atomic E-state index is 0.458. The molecule has 0 aromatic carbocycles. The topological polar surface area (TPSA) is 26.0 Å². The van der Waals surface area contributed by atoms with E-state index in [1.165, 1.54) is 50.0 Å². The normalized spacial score (nSPS) is 20.8. The third-order valence-electron chi connectivity index (χ3n) is 2.79. The third-order valence-corrected chi connectivity index (χ3v) is 4.15. The standard InChI is InChI=1S/C11H23NS/c1-2-7-13-9-11(12)8-10-5-3-4-6-10/h10-11H,2-9,12H2,1H3. The van der Waals surface area contributed by atoms with Crippen molar-refractivity contribution in [2.75, 3.05) is 11.5 Å². The summed E-state index contributed by atoms with van der Waals surface area (Å²) in [6.07, 6.45) is 8.31. The van der Waals surface area contributed by atoms with Crippen molar-refractivity contribution >= 4 is 11.8 Å². The van der Waals surface area contributed by atoms with Crippen LogP contribution in [0.2, 0.25) is 0 Å². The Balaban J connectivity index is 1.99. The highest BCUT2D eigenvalue weighted by Crippen LogP contribution is 2.28. The van der Waals surface area contributed by atoms with Crippen LogP contribution in [0.3, 0.4) is 0 Å². The van der Waals surface area contributed by atoms with Gasteiger partial charge >= 0.3 is 0 Å². The van der Waals surface area contributed by atoms with E-state index in [1.807, 2.05) is 11.8 Å². The van der Waals surface area contributed by atoms with Gasteiger partial charge in [0, 0.05) is 11.8 Å². The molecule has 0 heterocycles. The van der Waals surface area contributed by atoms with E-state index in [1.54, 1.807) is 0 Å². The number of rotatable bonds is 6. The highest BCUT2D eigenvalue weighted by atomic mass is 32.2. The van der Waals surface area contributed by atoms with Crippen molar-refractivity contribution in [3.63, 3.8) is 0 Å². The van der Waals surface area contributed by atoms with Crippen molar-refractivity contribution in [3.05, 3.63) is 0 Å². The van der Waals surface area contributed by atoms with Crippen LogP contribution >= 0.6 is 11.8 Å². The lowest BCUT2D eigenvalue weighted by Gasteiger charge is -2.15. The van der Waals surface area contributed by atoms with Crippen LogP contribution in [0, 0.1) is 5.92 Å². The number of thioether (sulfide) groups is 1. The fourth-order valence-electron chi connectivity index (χ4n) is 2.12. The van der Waals surface area contributed by atoms with E-state index in [2.05, 4.69) is 6.92 Å². The highest BCUT2D eigenvalue weighted by Gasteiger charge is 2.17. The maximum absolute atomic E-state index is 6.07. The molecule has 78 valence electrons. The van der Waals surface area contributed by atoms with Gasteiger partial charge in [0.2, 0.25) is 0 Å². The Morgan fingerprint density at radius 2 is 2.08 bits per heavy atom. The maximum Gasteiger partial charge on any atom is 0.0133 e. The van der Waals surface area contributed by atoms with Crippen LogP contribution in [0.15, 0.2) is 0 Å². The number of hydrogen-bond acceptors (Lipinski definition) is 2. The van der Waals surface area contributed by atoms with Gasteiger partial charge in [-0.05, 0) is 24.5 Å². The summed E-state index contributed by atoms with van der Waals surface area (Å²) in [7, 11) is 0. The molecular weight excluding hydrogens is 178 g/mol. The van der Waals surface area contributed by atoms with E-state index in [0.29, 0.717) is 6.04 Å². The summed E-state index contributed by atoms with van der Waals surface area (Å²) in [6.45, 7) is 2.23. The SMILES string of the molecule is CCCSCC(N)CC1CCCC1. The number of hydrogen-bond donors (Lipinski definition) is 1. The van der Waals surface area contributed by atoms with Crippen molar-refractivity contribution in [1.29, 1.82) is 0 Å². The van der Waals surface area contributed by atoms with E-state index in [-0.39, 0.29) is 0 Å². The minimum Gasteiger partial charge on any atom is -0.327 e. The summed E-state index contributed by atoms with van der Waals surface area (Å²) in [5.41, 5.74) is 6.07. The predicted molar refractivity (Wildman–Crippen MR) is 62.2 cm³/mol. The summed E-state index contributed by atoms with van der Waals surface area (Å²) in [5, 5.41) is 0. The van der Waals surface area contributed by atoms with E-state index in [9.17, 15) is 0 Å². The molecule has 0 aromatic rings. The summed E-state index contributed by atoms with van der Waals surface area (Å²) in [4.78, 5) is 0. The molecule has 2 N–H and O–H groups in total. The minimum atomic E-state index is 0.458. The van der Waals surface area contributed by atoms with Crippen LogP contribution < -0.4 is 5.73 Å². The molecule has 1 aliphatic carbocycles. The highest BCUT2D eigenvalue weighted by molar-refractivity contribution is 7.99. The predicted octanol–water partition coefficient (Wildman–Crippen LogP) is 3.04. The molecular formula is C11H23NS. The van der Waals surface area contributed by atoms with E-state index in [0.717, 1.165) is 5.92 Å². The zero-order chi connectivity index (χ0) is 9.52. The van der Waals surface area contributed by atoms with Gasteiger partial charge in [0.1, 0.15) is 0 Å². The van der Waals surface area contributed by atoms with E-state index >= 15 is 0 Å². The molecule has 1 saturated carbocycles. The Morgan fingerprint density at radius 3 is 2.69 bits per heavy atom. The van der Waals surface area contributed by atoms with Gasteiger partial charge in [-0.3, -0.25) is 0 Å². The lowest BCUT2D eigenvalue weighted by atomic mass is 10.00. The largest absolute Gasteiger partial charge is 0.327 e. The van der Waals surface area contributed by atoms with Gasteiger partial charge in [-0.25, -0.2) is 0 Å². The molecule has 1 atom stereocenters. The first-order valence-electron chi connectivity index (χ1n) is 5.66. The zero-order valence-corrected chi connectivity index (χ0v) is 9.61. The first-order chi connectivity index (χ1) is 6.33. The molecule has 0 saturated heterocycles. The van der Waals surface area contributed by atoms with Crippen molar-refractivity contribution < 1.29 is 0 Å². The van der Waals surface area contributed by atoms with Gasteiger partial charge in [0.05, 0.1) is 0 Å². The van der Waals surface area contributed by atoms with Gasteiger partial charge in [0.25, 0.3) is 0 Å². The Morgan fingerprint density at radius 1 is 1.38 bits per heavy atom. The molecule has 2 heteroatoms. The maximum atomic E-state index is 6.07. The van der Waals surface area contributed by atoms with Crippen LogP contribution in [0.5, 0.6) is 0 Å². The Kier molecular flexibility index (Phi) is 5.88. The van der Waals surface area contributed by atoms with Gasteiger partial charge in [-0.15, -0.1) is 0 Å². The van der Waals surface area contributed by atoms with Crippen LogP contribution in [0.1, 0.15) is 45.4 Å². The average molecular weight is 201 g/mol. The smallest absolute Gasteiger partial charge is 0.0133 e. The van der Waals surface area contributed by atoms with Crippen molar-refractivity contribution in [3.8, 4) is 0 Å². The summed E-state index contributed by atoms with van der Waals surface area (Å²) in [6, 6.07) is 0.458. The van der Waals surface area contributed by atoms with Crippen LogP contribution in [-0.2, 0) is 0 Å². The molecule has 0 radical (unpaired) electrons. The summed E-state index contributed by atoms with van der Waals surface area (Å²) >= 11 is 2.02. The van der Waals surface area contributed by atoms with Gasteiger partial charge in [-0.1, -0.05) is 32.6 Å². The van der Waals surface area contributed by atoms with Crippen molar-refractivity contribution in [2.24, 2.45) is 11.7 Å². The van der Waals surface area contributed by atoms with Crippen LogP contribution in [-0.4, -0.2) is 17.5 Å². The summed E-state index contributed by atoms with van der Waals surface area (Å²) in [5.74, 6) is 3.40. The van der Waals surface area contributed by atoms with Gasteiger partial charge in [-0.2, -0.15) is 11.8 Å². The summed E-state index contributed by atoms with van der Waals surface area (Å²) < 4.78 is 0. The molecule has 0 bridgehead atoms. The first kappa shape index (κ1) is 11.4. The van der Waals surface area contributed by atoms with Crippen LogP contribution in [0.25, 0.3) is 0 Å². The molecule has 1 rings (SSSR count). The fourth-order valence-corrected chi connectivity index (χ4v) is 3.02. The third kappa shape index (κ3) is 4.92. The average Bonchev–Trinajstić information content (AvgIpc) is 2.57. The molecule has 1 nitrogen and oxygen atoms in total. The molecule has 0 aromatic heterocycles. The Bertz CT molecular complexity index is 121. The molecule has 0 aliphatic heterocycles. The lowest BCUT2D eigenvalue weighted by molar-refractivity contribution is 0.462. The quantitative estimate of drug-likeness (QED) is 0.668. The van der Waals surface area contributed by atoms with E-state index in [4.69, 9.17) is 5.73 Å². The Labute approximate surface area is 86.8 Å². The first-order valence-corrected chi connectivity index (χ1v) is 6.81.